The number of sulfonamides is 1. The summed E-state index contributed by atoms with van der Waals surface area (Å²) in [6.45, 7) is 3.97. The predicted molar refractivity (Wildman–Crippen MR) is 84.4 cm³/mol. The summed E-state index contributed by atoms with van der Waals surface area (Å²) in [5.74, 6) is -0.765. The number of nitro benzene ring substituents is 1. The SMILES string of the molecule is CC(C)c1ccc(S(=O)(=O)Nc2ccc(F)c([N+](=O)[O-])c2)cc1. The summed E-state index contributed by atoms with van der Waals surface area (Å²) in [6, 6.07) is 9.12. The number of nitrogens with zero attached hydrogens (tertiary/aromatic N) is 1. The summed E-state index contributed by atoms with van der Waals surface area (Å²) in [6.07, 6.45) is 0. The Labute approximate surface area is 133 Å². The quantitative estimate of drug-likeness (QED) is 0.665. The van der Waals surface area contributed by atoms with Gasteiger partial charge in [0.2, 0.25) is 5.82 Å². The summed E-state index contributed by atoms with van der Waals surface area (Å²) in [5.41, 5.74) is 0.118. The lowest BCUT2D eigenvalue weighted by atomic mass is 10.0. The van der Waals surface area contributed by atoms with Crippen LogP contribution in [-0.4, -0.2) is 13.3 Å². The first-order chi connectivity index (χ1) is 10.7. The van der Waals surface area contributed by atoms with Gasteiger partial charge < -0.3 is 0 Å². The van der Waals surface area contributed by atoms with Gasteiger partial charge in [-0.1, -0.05) is 26.0 Å². The Morgan fingerprint density at radius 3 is 2.26 bits per heavy atom. The number of benzene rings is 2. The molecule has 8 heteroatoms. The van der Waals surface area contributed by atoms with Crippen molar-refractivity contribution in [1.82, 2.24) is 0 Å². The van der Waals surface area contributed by atoms with Crippen LogP contribution in [-0.2, 0) is 10.0 Å². The summed E-state index contributed by atoms with van der Waals surface area (Å²) < 4.78 is 40.0. The van der Waals surface area contributed by atoms with Crippen LogP contribution in [0.25, 0.3) is 0 Å². The Morgan fingerprint density at radius 2 is 1.74 bits per heavy atom. The second-order valence-corrected chi connectivity index (χ2v) is 6.93. The van der Waals surface area contributed by atoms with E-state index in [-0.39, 0.29) is 16.5 Å². The number of halogens is 1. The minimum absolute atomic E-state index is 0.0221. The fourth-order valence-electron chi connectivity index (χ4n) is 1.96. The van der Waals surface area contributed by atoms with Crippen molar-refractivity contribution in [2.45, 2.75) is 24.7 Å². The monoisotopic (exact) mass is 338 g/mol. The minimum Gasteiger partial charge on any atom is -0.279 e. The molecule has 0 saturated carbocycles. The maximum Gasteiger partial charge on any atom is 0.306 e. The normalized spacial score (nSPS) is 11.5. The number of hydrogen-bond donors (Lipinski definition) is 1. The fraction of sp³-hybridized carbons (Fsp3) is 0.200. The van der Waals surface area contributed by atoms with E-state index in [4.69, 9.17) is 0 Å². The van der Waals surface area contributed by atoms with E-state index in [1.54, 1.807) is 12.1 Å². The average molecular weight is 338 g/mol. The molecule has 0 amide bonds. The van der Waals surface area contributed by atoms with Gasteiger partial charge in [0.05, 0.1) is 15.5 Å². The van der Waals surface area contributed by atoms with Crippen molar-refractivity contribution in [3.63, 3.8) is 0 Å². The molecule has 0 fully saturated rings. The third kappa shape index (κ3) is 3.84. The van der Waals surface area contributed by atoms with Gasteiger partial charge in [-0.3, -0.25) is 14.8 Å². The summed E-state index contributed by atoms with van der Waals surface area (Å²) >= 11 is 0. The van der Waals surface area contributed by atoms with Crippen LogP contribution in [0.1, 0.15) is 25.3 Å². The molecule has 0 aliphatic carbocycles. The van der Waals surface area contributed by atoms with Crippen molar-refractivity contribution in [3.8, 4) is 0 Å². The highest BCUT2D eigenvalue weighted by Crippen LogP contribution is 2.24. The van der Waals surface area contributed by atoms with E-state index in [1.807, 2.05) is 13.8 Å². The number of anilines is 1. The first-order valence-corrected chi connectivity index (χ1v) is 8.26. The molecule has 0 aromatic heterocycles. The number of rotatable bonds is 5. The Hall–Kier alpha value is -2.48. The zero-order valence-electron chi connectivity index (χ0n) is 12.5. The second-order valence-electron chi connectivity index (χ2n) is 5.25. The second kappa shape index (κ2) is 6.33. The molecule has 122 valence electrons. The Morgan fingerprint density at radius 1 is 1.13 bits per heavy atom. The van der Waals surface area contributed by atoms with Crippen molar-refractivity contribution in [3.05, 3.63) is 64.0 Å². The molecule has 0 unspecified atom stereocenters. The smallest absolute Gasteiger partial charge is 0.279 e. The Bertz CT molecular complexity index is 833. The van der Waals surface area contributed by atoms with E-state index < -0.39 is 26.5 Å². The molecule has 23 heavy (non-hydrogen) atoms. The maximum absolute atomic E-state index is 13.3. The molecule has 0 heterocycles. The van der Waals surface area contributed by atoms with Gasteiger partial charge >= 0.3 is 5.69 Å². The predicted octanol–water partition coefficient (Wildman–Crippen LogP) is 3.66. The molecule has 0 bridgehead atoms. The lowest BCUT2D eigenvalue weighted by molar-refractivity contribution is -0.387. The largest absolute Gasteiger partial charge is 0.306 e. The molecule has 6 nitrogen and oxygen atoms in total. The molecule has 0 radical (unpaired) electrons. The van der Waals surface area contributed by atoms with Crippen LogP contribution in [0.15, 0.2) is 47.4 Å². The highest BCUT2D eigenvalue weighted by molar-refractivity contribution is 7.92. The lowest BCUT2D eigenvalue weighted by Gasteiger charge is -2.10. The van der Waals surface area contributed by atoms with Crippen LogP contribution >= 0.6 is 0 Å². The molecular weight excluding hydrogens is 323 g/mol. The minimum atomic E-state index is -3.91. The molecule has 0 atom stereocenters. The zero-order chi connectivity index (χ0) is 17.2. The summed E-state index contributed by atoms with van der Waals surface area (Å²) in [4.78, 5) is 9.81. The van der Waals surface area contributed by atoms with E-state index in [9.17, 15) is 22.9 Å². The van der Waals surface area contributed by atoms with Crippen LogP contribution in [0.3, 0.4) is 0 Å². The van der Waals surface area contributed by atoms with Crippen molar-refractivity contribution in [2.24, 2.45) is 0 Å². The first kappa shape index (κ1) is 16.9. The first-order valence-electron chi connectivity index (χ1n) is 6.77. The maximum atomic E-state index is 13.3. The fourth-order valence-corrected chi connectivity index (χ4v) is 3.01. The zero-order valence-corrected chi connectivity index (χ0v) is 13.3. The van der Waals surface area contributed by atoms with Crippen molar-refractivity contribution in [2.75, 3.05) is 4.72 Å². The molecule has 2 aromatic rings. The molecular formula is C15H15FN2O4S. The third-order valence-electron chi connectivity index (χ3n) is 3.25. The van der Waals surface area contributed by atoms with Crippen molar-refractivity contribution in [1.29, 1.82) is 0 Å². The van der Waals surface area contributed by atoms with Gasteiger partial charge in [-0.15, -0.1) is 0 Å². The van der Waals surface area contributed by atoms with E-state index in [0.717, 1.165) is 23.8 Å². The van der Waals surface area contributed by atoms with Gasteiger partial charge in [0.15, 0.2) is 0 Å². The van der Waals surface area contributed by atoms with Gasteiger partial charge in [-0.25, -0.2) is 8.42 Å². The van der Waals surface area contributed by atoms with Gasteiger partial charge in [0.25, 0.3) is 10.0 Å². The van der Waals surface area contributed by atoms with Crippen molar-refractivity contribution < 1.29 is 17.7 Å². The third-order valence-corrected chi connectivity index (χ3v) is 4.65. The van der Waals surface area contributed by atoms with Gasteiger partial charge in [-0.2, -0.15) is 4.39 Å². The van der Waals surface area contributed by atoms with E-state index in [0.29, 0.717) is 0 Å². The average Bonchev–Trinajstić information content (AvgIpc) is 2.48. The molecule has 0 spiro atoms. The standard InChI is InChI=1S/C15H15FN2O4S/c1-10(2)11-3-6-13(7-4-11)23(21,22)17-12-5-8-14(16)15(9-12)18(19)20/h3-10,17H,1-2H3. The van der Waals surface area contributed by atoms with Crippen LogP contribution in [0.2, 0.25) is 0 Å². The van der Waals surface area contributed by atoms with E-state index in [2.05, 4.69) is 4.72 Å². The van der Waals surface area contributed by atoms with Gasteiger partial charge in [0, 0.05) is 6.07 Å². The van der Waals surface area contributed by atoms with Crippen LogP contribution in [0.4, 0.5) is 15.8 Å². The van der Waals surface area contributed by atoms with E-state index >= 15 is 0 Å². The number of nitro groups is 1. The molecule has 0 aliphatic heterocycles. The Balaban J connectivity index is 2.31. The highest BCUT2D eigenvalue weighted by atomic mass is 32.2. The van der Waals surface area contributed by atoms with Crippen LogP contribution in [0.5, 0.6) is 0 Å². The molecule has 0 saturated heterocycles. The van der Waals surface area contributed by atoms with Crippen LogP contribution < -0.4 is 4.72 Å². The van der Waals surface area contributed by atoms with Gasteiger partial charge in [0.1, 0.15) is 0 Å². The van der Waals surface area contributed by atoms with E-state index in [1.165, 1.54) is 12.1 Å². The molecule has 2 aromatic carbocycles. The summed E-state index contributed by atoms with van der Waals surface area (Å²) in [5, 5.41) is 10.7. The summed E-state index contributed by atoms with van der Waals surface area (Å²) in [7, 11) is -3.91. The highest BCUT2D eigenvalue weighted by Gasteiger charge is 2.19. The van der Waals surface area contributed by atoms with Gasteiger partial charge in [-0.05, 0) is 35.7 Å². The van der Waals surface area contributed by atoms with Crippen molar-refractivity contribution >= 4 is 21.4 Å². The lowest BCUT2D eigenvalue weighted by Crippen LogP contribution is -2.13. The Kier molecular flexibility index (Phi) is 4.65. The molecule has 0 aliphatic rings. The molecule has 2 rings (SSSR count). The number of hydrogen-bond acceptors (Lipinski definition) is 4. The molecule has 1 N–H and O–H groups in total. The van der Waals surface area contributed by atoms with Crippen LogP contribution in [0, 0.1) is 15.9 Å². The topological polar surface area (TPSA) is 89.3 Å². The number of nitrogens with one attached hydrogen (secondary N) is 1.